The van der Waals surface area contributed by atoms with Crippen LogP contribution in [0.2, 0.25) is 0 Å². The van der Waals surface area contributed by atoms with Crippen molar-refractivity contribution in [3.05, 3.63) is 77.5 Å². The zero-order valence-electron chi connectivity index (χ0n) is 30.7. The number of piperazine rings is 1. The van der Waals surface area contributed by atoms with E-state index in [4.69, 9.17) is 29.2 Å². The lowest BCUT2D eigenvalue weighted by molar-refractivity contribution is -0.137. The number of carbonyl (C=O) groups is 1. The van der Waals surface area contributed by atoms with Crippen LogP contribution in [0.5, 0.6) is 0 Å². The predicted molar refractivity (Wildman–Crippen MR) is 208 cm³/mol. The Balaban J connectivity index is 1.50. The van der Waals surface area contributed by atoms with Crippen molar-refractivity contribution in [1.82, 2.24) is 9.80 Å². The van der Waals surface area contributed by atoms with Gasteiger partial charge in [0, 0.05) is 48.9 Å². The van der Waals surface area contributed by atoms with Crippen LogP contribution in [0.4, 0.5) is 48.2 Å². The number of alkyl halides is 6. The third-order valence-corrected chi connectivity index (χ3v) is 9.79. The fraction of sp³-hybridized carbons (Fsp3) is 0.421. The van der Waals surface area contributed by atoms with Crippen molar-refractivity contribution < 1.29 is 35.9 Å². The highest BCUT2D eigenvalue weighted by Gasteiger charge is 2.58. The number of amidine groups is 1. The van der Waals surface area contributed by atoms with Gasteiger partial charge in [0.15, 0.2) is 10.2 Å². The van der Waals surface area contributed by atoms with Crippen molar-refractivity contribution in [3.63, 3.8) is 0 Å². The number of allylic oxidation sites excluding steroid dienone is 3. The summed E-state index contributed by atoms with van der Waals surface area (Å²) in [5.41, 5.74) is -2.03. The number of nitrogens with one attached hydrogen (secondary N) is 1. The first-order valence-electron chi connectivity index (χ1n) is 17.6. The Hall–Kier alpha value is -5.20. The molecular weight excluding hydrogens is 779 g/mol. The van der Waals surface area contributed by atoms with Gasteiger partial charge in [-0.25, -0.2) is 9.79 Å². The second-order valence-corrected chi connectivity index (χ2v) is 15.0. The fourth-order valence-electron chi connectivity index (χ4n) is 6.56. The van der Waals surface area contributed by atoms with Gasteiger partial charge < -0.3 is 24.8 Å². The fourth-order valence-corrected chi connectivity index (χ4v) is 7.24. The summed E-state index contributed by atoms with van der Waals surface area (Å²) >= 11 is 11.5. The zero-order chi connectivity index (χ0) is 41.1. The third kappa shape index (κ3) is 9.59. The van der Waals surface area contributed by atoms with E-state index >= 15 is 0 Å². The summed E-state index contributed by atoms with van der Waals surface area (Å²) in [4.78, 5) is 24.2. The Labute approximate surface area is 331 Å². The molecule has 3 fully saturated rings. The number of rotatable bonds is 7. The molecule has 296 valence electrons. The van der Waals surface area contributed by atoms with Gasteiger partial charge in [0.2, 0.25) is 0 Å². The SMILES string of the molecule is CC(C)(C)OC(=O)N1CCN(c2ccc(N3C(=S)N(C(/C=C\CC#N)=C/CC(F)(F)F)C(=NC(=S)Nc4ccc(C#N)c(C(F)(F)F)c4)C34CCC4)cc2)CC1. The maximum absolute atomic E-state index is 13.7. The highest BCUT2D eigenvalue weighted by Crippen LogP contribution is 2.49. The number of benzene rings is 2. The average molecular weight is 817 g/mol. The number of amides is 1. The Bertz CT molecular complexity index is 2020. The third-order valence-electron chi connectivity index (χ3n) is 9.23. The van der Waals surface area contributed by atoms with Crippen molar-refractivity contribution in [2.24, 2.45) is 4.99 Å². The minimum absolute atomic E-state index is 0.0184. The van der Waals surface area contributed by atoms with Crippen LogP contribution in [0.1, 0.15) is 64.0 Å². The van der Waals surface area contributed by atoms with Crippen LogP contribution in [0.3, 0.4) is 0 Å². The number of aliphatic imine (C=N–C) groups is 1. The van der Waals surface area contributed by atoms with E-state index in [1.807, 2.05) is 30.3 Å². The van der Waals surface area contributed by atoms with Crippen molar-refractivity contribution in [2.75, 3.05) is 41.3 Å². The second-order valence-electron chi connectivity index (χ2n) is 14.3. The minimum Gasteiger partial charge on any atom is -0.444 e. The molecule has 1 aliphatic carbocycles. The van der Waals surface area contributed by atoms with Gasteiger partial charge >= 0.3 is 18.4 Å². The zero-order valence-corrected chi connectivity index (χ0v) is 32.3. The van der Waals surface area contributed by atoms with E-state index in [9.17, 15) is 41.7 Å². The van der Waals surface area contributed by atoms with E-state index in [-0.39, 0.29) is 40.0 Å². The average Bonchev–Trinajstić information content (AvgIpc) is 3.36. The molecule has 2 saturated heterocycles. The quantitative estimate of drug-likeness (QED) is 0.165. The largest absolute Gasteiger partial charge is 0.444 e. The van der Waals surface area contributed by atoms with E-state index in [2.05, 4.69) is 15.2 Å². The van der Waals surface area contributed by atoms with Gasteiger partial charge in [-0.3, -0.25) is 4.90 Å². The van der Waals surface area contributed by atoms with Gasteiger partial charge in [0.1, 0.15) is 17.0 Å². The van der Waals surface area contributed by atoms with Crippen molar-refractivity contribution in [2.45, 2.75) is 76.4 Å². The molecular formula is C38H38F6N8O2S2. The molecule has 0 bridgehead atoms. The summed E-state index contributed by atoms with van der Waals surface area (Å²) in [5.74, 6) is 0.160. The van der Waals surface area contributed by atoms with Gasteiger partial charge in [0.05, 0.1) is 36.1 Å². The number of ether oxygens (including phenoxy) is 1. The molecule has 18 heteroatoms. The molecule has 1 amide bonds. The molecule has 2 aliphatic heterocycles. The van der Waals surface area contributed by atoms with Gasteiger partial charge in [0.25, 0.3) is 0 Å². The Morgan fingerprint density at radius 2 is 1.64 bits per heavy atom. The number of nitrogens with zero attached hydrogens (tertiary/aromatic N) is 7. The van der Waals surface area contributed by atoms with Crippen LogP contribution >= 0.6 is 24.4 Å². The molecule has 1 N–H and O–H groups in total. The Kier molecular flexibility index (Phi) is 12.4. The first kappa shape index (κ1) is 42.0. The van der Waals surface area contributed by atoms with Gasteiger partial charge in [-0.1, -0.05) is 12.2 Å². The van der Waals surface area contributed by atoms with Crippen molar-refractivity contribution in [1.29, 1.82) is 10.5 Å². The smallest absolute Gasteiger partial charge is 0.417 e. The summed E-state index contributed by atoms with van der Waals surface area (Å²) in [6.07, 6.45) is -5.96. The van der Waals surface area contributed by atoms with E-state index in [0.29, 0.717) is 51.1 Å². The summed E-state index contributed by atoms with van der Waals surface area (Å²) in [5, 5.41) is 20.8. The van der Waals surface area contributed by atoms with Crippen molar-refractivity contribution >= 4 is 63.7 Å². The Morgan fingerprint density at radius 1 is 1.00 bits per heavy atom. The summed E-state index contributed by atoms with van der Waals surface area (Å²) < 4.78 is 87.6. The first-order chi connectivity index (χ1) is 26.3. The normalized spacial score (nSPS) is 18.3. The van der Waals surface area contributed by atoms with E-state index < -0.39 is 41.0 Å². The maximum atomic E-state index is 13.7. The molecule has 1 spiro atoms. The molecule has 2 aromatic rings. The molecule has 2 aromatic carbocycles. The van der Waals surface area contributed by atoms with E-state index in [0.717, 1.165) is 23.9 Å². The van der Waals surface area contributed by atoms with Crippen LogP contribution in [-0.2, 0) is 10.9 Å². The number of nitriles is 2. The van der Waals surface area contributed by atoms with Crippen LogP contribution in [0.25, 0.3) is 0 Å². The van der Waals surface area contributed by atoms with E-state index in [1.165, 1.54) is 29.2 Å². The highest BCUT2D eigenvalue weighted by molar-refractivity contribution is 7.81. The number of anilines is 3. The first-order valence-corrected chi connectivity index (χ1v) is 18.4. The van der Waals surface area contributed by atoms with Crippen LogP contribution in [-0.4, -0.2) is 75.4 Å². The molecule has 5 rings (SSSR count). The molecule has 1 saturated carbocycles. The van der Waals surface area contributed by atoms with Gasteiger partial charge in [-0.2, -0.15) is 36.9 Å². The van der Waals surface area contributed by atoms with Crippen LogP contribution in [0.15, 0.2) is 71.4 Å². The monoisotopic (exact) mass is 816 g/mol. The number of hydrogen-bond acceptors (Lipinski definition) is 7. The lowest BCUT2D eigenvalue weighted by Crippen LogP contribution is -2.55. The second kappa shape index (κ2) is 16.5. The summed E-state index contributed by atoms with van der Waals surface area (Å²) in [6.45, 7) is 7.41. The lowest BCUT2D eigenvalue weighted by atomic mass is 9.74. The number of carbonyl (C=O) groups excluding carboxylic acids is 1. The minimum atomic E-state index is -4.83. The molecule has 0 unspecified atom stereocenters. The van der Waals surface area contributed by atoms with Crippen LogP contribution in [0, 0.1) is 22.7 Å². The number of thiocarbonyl (C=S) groups is 2. The van der Waals surface area contributed by atoms with Gasteiger partial charge in [-0.15, -0.1) is 0 Å². The summed E-state index contributed by atoms with van der Waals surface area (Å²) in [6, 6.07) is 13.8. The predicted octanol–water partition coefficient (Wildman–Crippen LogP) is 9.07. The molecule has 56 heavy (non-hydrogen) atoms. The molecule has 2 heterocycles. The topological polar surface area (TPSA) is 111 Å². The molecule has 0 aromatic heterocycles. The van der Waals surface area contributed by atoms with Gasteiger partial charge in [-0.05, 0) is 113 Å². The molecule has 0 atom stereocenters. The molecule has 0 radical (unpaired) electrons. The standard InChI is InChI=1S/C38H38F6N8O2S2/c1-35(2,3)54-34(53)50-21-19-49(20-22-50)27-10-12-29(13-11-27)52-33(56)51(28(7-4-5-18-45)14-17-37(39,40)41)31(36(52)15-6-16-36)48-32(55)47-26-9-8-25(24-46)30(23-26)38(42,43)44/h4,7-14,23H,5-6,15-17,19-22H2,1-3H3,(H,47,55)/b7-4-,28-14+,48-31?. The summed E-state index contributed by atoms with van der Waals surface area (Å²) in [7, 11) is 0. The number of hydrogen-bond donors (Lipinski definition) is 1. The van der Waals surface area contributed by atoms with Crippen LogP contribution < -0.4 is 15.1 Å². The molecule has 3 aliphatic rings. The molecule has 10 nitrogen and oxygen atoms in total. The number of halogens is 6. The highest BCUT2D eigenvalue weighted by atomic mass is 32.1. The van der Waals surface area contributed by atoms with Crippen molar-refractivity contribution in [3.8, 4) is 12.1 Å². The van der Waals surface area contributed by atoms with E-state index in [1.54, 1.807) is 30.6 Å². The Morgan fingerprint density at radius 3 is 2.18 bits per heavy atom. The maximum Gasteiger partial charge on any atom is 0.417 e. The lowest BCUT2D eigenvalue weighted by Gasteiger charge is -2.45.